The van der Waals surface area contributed by atoms with Crippen LogP contribution in [0.5, 0.6) is 0 Å². The minimum atomic E-state index is 0.0848. The molecule has 0 aromatic carbocycles. The van der Waals surface area contributed by atoms with Crippen LogP contribution in [0.4, 0.5) is 5.00 Å². The normalized spacial score (nSPS) is 17.2. The molecule has 1 fully saturated rings. The summed E-state index contributed by atoms with van der Waals surface area (Å²) < 4.78 is 0. The third-order valence-corrected chi connectivity index (χ3v) is 5.47. The van der Waals surface area contributed by atoms with Crippen molar-refractivity contribution in [3.63, 3.8) is 0 Å². The smallest absolute Gasteiger partial charge is 0.221 e. The fourth-order valence-corrected chi connectivity index (χ4v) is 3.61. The molecule has 6 nitrogen and oxygen atoms in total. The van der Waals surface area contributed by atoms with Crippen LogP contribution in [0.1, 0.15) is 39.5 Å². The van der Waals surface area contributed by atoms with Gasteiger partial charge in [0.1, 0.15) is 0 Å². The number of carbonyl (C=O) groups excluding carboxylic acids is 1. The van der Waals surface area contributed by atoms with Crippen molar-refractivity contribution in [3.05, 3.63) is 17.5 Å². The van der Waals surface area contributed by atoms with Crippen molar-refractivity contribution < 1.29 is 4.79 Å². The van der Waals surface area contributed by atoms with Gasteiger partial charge in [-0.15, -0.1) is 11.3 Å². The second-order valence-electron chi connectivity index (χ2n) is 6.48. The number of nitrogens with zero attached hydrogens (tertiary/aromatic N) is 2. The fraction of sp³-hybridized carbons (Fsp3) is 0.667. The van der Waals surface area contributed by atoms with Gasteiger partial charge in [-0.2, -0.15) is 0 Å². The van der Waals surface area contributed by atoms with Gasteiger partial charge in [0, 0.05) is 45.2 Å². The van der Waals surface area contributed by atoms with Crippen LogP contribution in [-0.2, 0) is 4.79 Å². The second kappa shape index (κ2) is 10.3. The number of amides is 1. The van der Waals surface area contributed by atoms with E-state index in [4.69, 9.17) is 0 Å². The highest BCUT2D eigenvalue weighted by Crippen LogP contribution is 2.24. The Hall–Kier alpha value is -1.76. The Balaban J connectivity index is 1.66. The van der Waals surface area contributed by atoms with Crippen LogP contribution in [0.3, 0.4) is 0 Å². The van der Waals surface area contributed by atoms with Crippen LogP contribution in [0.15, 0.2) is 22.5 Å². The molecule has 7 heteroatoms. The van der Waals surface area contributed by atoms with E-state index in [1.165, 1.54) is 5.00 Å². The van der Waals surface area contributed by atoms with Gasteiger partial charge >= 0.3 is 0 Å². The highest BCUT2D eigenvalue weighted by Gasteiger charge is 2.20. The van der Waals surface area contributed by atoms with E-state index in [9.17, 15) is 4.79 Å². The zero-order chi connectivity index (χ0) is 18.1. The minimum absolute atomic E-state index is 0.0848. The Labute approximate surface area is 155 Å². The van der Waals surface area contributed by atoms with Crippen molar-refractivity contribution in [3.8, 4) is 0 Å². The number of guanidine groups is 1. The standard InChI is InChI=1S/C18H31N5OS/c1-4-14(2)21-16(24)7-10-20-18(19-3)22-15-8-11-23(12-9-15)17-6-5-13-25-17/h5-6,13-15H,4,7-12H2,1-3H3,(H,21,24)(H2,19,20,22). The lowest BCUT2D eigenvalue weighted by Crippen LogP contribution is -2.49. The first-order valence-electron chi connectivity index (χ1n) is 9.17. The number of nitrogens with one attached hydrogen (secondary N) is 3. The number of piperidine rings is 1. The summed E-state index contributed by atoms with van der Waals surface area (Å²) in [6.07, 6.45) is 3.59. The van der Waals surface area contributed by atoms with Gasteiger partial charge in [0.15, 0.2) is 5.96 Å². The molecule has 1 aliphatic heterocycles. The molecule has 1 unspecified atom stereocenters. The molecule has 2 heterocycles. The number of rotatable bonds is 7. The molecule has 1 aromatic rings. The van der Waals surface area contributed by atoms with Gasteiger partial charge in [-0.3, -0.25) is 9.79 Å². The lowest BCUT2D eigenvalue weighted by atomic mass is 10.1. The first kappa shape index (κ1) is 19.6. The van der Waals surface area contributed by atoms with E-state index in [1.807, 2.05) is 6.92 Å². The van der Waals surface area contributed by atoms with E-state index in [2.05, 4.69) is 50.3 Å². The number of aliphatic imine (C=N–C) groups is 1. The average Bonchev–Trinajstić information content (AvgIpc) is 3.16. The molecule has 0 spiro atoms. The van der Waals surface area contributed by atoms with Gasteiger partial charge in [0.25, 0.3) is 0 Å². The molecule has 1 aromatic heterocycles. The lowest BCUT2D eigenvalue weighted by Gasteiger charge is -2.33. The summed E-state index contributed by atoms with van der Waals surface area (Å²) in [6.45, 7) is 6.81. The van der Waals surface area contributed by atoms with Crippen LogP contribution in [0, 0.1) is 0 Å². The topological polar surface area (TPSA) is 68.8 Å². The summed E-state index contributed by atoms with van der Waals surface area (Å²) in [5, 5.41) is 13.2. The number of thiophene rings is 1. The van der Waals surface area contributed by atoms with E-state index < -0.39 is 0 Å². The zero-order valence-corrected chi connectivity index (χ0v) is 16.4. The summed E-state index contributed by atoms with van der Waals surface area (Å²) in [4.78, 5) is 18.5. The van der Waals surface area contributed by atoms with Gasteiger partial charge in [-0.05, 0) is 43.7 Å². The predicted octanol–water partition coefficient (Wildman–Crippen LogP) is 2.19. The Kier molecular flexibility index (Phi) is 8.04. The van der Waals surface area contributed by atoms with Gasteiger partial charge in [-0.25, -0.2) is 0 Å². The molecule has 1 saturated heterocycles. The van der Waals surface area contributed by atoms with Crippen LogP contribution in [0.2, 0.25) is 0 Å². The predicted molar refractivity (Wildman–Crippen MR) is 107 cm³/mol. The molecule has 0 saturated carbocycles. The number of hydrogen-bond donors (Lipinski definition) is 3. The lowest BCUT2D eigenvalue weighted by molar-refractivity contribution is -0.121. The van der Waals surface area contributed by atoms with Crippen molar-refractivity contribution in [1.29, 1.82) is 0 Å². The molecule has 0 aliphatic carbocycles. The molecular formula is C18H31N5OS. The van der Waals surface area contributed by atoms with Gasteiger partial charge < -0.3 is 20.9 Å². The molecule has 3 N–H and O–H groups in total. The number of anilines is 1. The molecule has 0 radical (unpaired) electrons. The first-order chi connectivity index (χ1) is 12.1. The SMILES string of the molecule is CCC(C)NC(=O)CCNC(=NC)NC1CCN(c2cccs2)CC1. The van der Waals surface area contributed by atoms with E-state index in [1.54, 1.807) is 18.4 Å². The summed E-state index contributed by atoms with van der Waals surface area (Å²) in [6, 6.07) is 4.95. The van der Waals surface area contributed by atoms with Crippen molar-refractivity contribution in [2.24, 2.45) is 4.99 Å². The highest BCUT2D eigenvalue weighted by atomic mass is 32.1. The molecule has 2 rings (SSSR count). The van der Waals surface area contributed by atoms with Crippen LogP contribution in [0.25, 0.3) is 0 Å². The molecular weight excluding hydrogens is 334 g/mol. The molecule has 1 amide bonds. The second-order valence-corrected chi connectivity index (χ2v) is 7.41. The first-order valence-corrected chi connectivity index (χ1v) is 10.0. The van der Waals surface area contributed by atoms with Crippen molar-refractivity contribution >= 4 is 28.2 Å². The number of carbonyl (C=O) groups is 1. The van der Waals surface area contributed by atoms with Crippen molar-refractivity contribution in [2.45, 2.75) is 51.6 Å². The third-order valence-electron chi connectivity index (χ3n) is 4.54. The Morgan fingerprint density at radius 1 is 1.44 bits per heavy atom. The molecule has 1 aliphatic rings. The molecule has 1 atom stereocenters. The quantitative estimate of drug-likeness (QED) is 0.512. The maximum Gasteiger partial charge on any atom is 0.221 e. The van der Waals surface area contributed by atoms with Crippen LogP contribution in [-0.4, -0.2) is 50.6 Å². The van der Waals surface area contributed by atoms with Crippen LogP contribution < -0.4 is 20.9 Å². The Bertz CT molecular complexity index is 538. The van der Waals surface area contributed by atoms with E-state index in [-0.39, 0.29) is 11.9 Å². The van der Waals surface area contributed by atoms with Crippen LogP contribution >= 0.6 is 11.3 Å². The summed E-state index contributed by atoms with van der Waals surface area (Å²) >= 11 is 1.80. The maximum atomic E-state index is 11.8. The maximum absolute atomic E-state index is 11.8. The molecule has 0 bridgehead atoms. The highest BCUT2D eigenvalue weighted by molar-refractivity contribution is 7.14. The largest absolute Gasteiger partial charge is 0.363 e. The van der Waals surface area contributed by atoms with Crippen molar-refractivity contribution in [1.82, 2.24) is 16.0 Å². The third kappa shape index (κ3) is 6.57. The van der Waals surface area contributed by atoms with Gasteiger partial charge in [0.2, 0.25) is 5.91 Å². The summed E-state index contributed by atoms with van der Waals surface area (Å²) in [5.74, 6) is 0.868. The molecule has 140 valence electrons. The average molecular weight is 366 g/mol. The summed E-state index contributed by atoms with van der Waals surface area (Å²) in [5.41, 5.74) is 0. The van der Waals surface area contributed by atoms with Gasteiger partial charge in [-0.1, -0.05) is 6.92 Å². The monoisotopic (exact) mass is 365 g/mol. The van der Waals surface area contributed by atoms with Crippen molar-refractivity contribution in [2.75, 3.05) is 31.6 Å². The Morgan fingerprint density at radius 2 is 2.20 bits per heavy atom. The van der Waals surface area contributed by atoms with Gasteiger partial charge in [0.05, 0.1) is 5.00 Å². The Morgan fingerprint density at radius 3 is 2.80 bits per heavy atom. The number of hydrogen-bond acceptors (Lipinski definition) is 4. The van der Waals surface area contributed by atoms with E-state index in [0.29, 0.717) is 19.0 Å². The zero-order valence-electron chi connectivity index (χ0n) is 15.5. The minimum Gasteiger partial charge on any atom is -0.363 e. The van der Waals surface area contributed by atoms with E-state index >= 15 is 0 Å². The molecule has 25 heavy (non-hydrogen) atoms. The van der Waals surface area contributed by atoms with E-state index in [0.717, 1.165) is 38.3 Å². The summed E-state index contributed by atoms with van der Waals surface area (Å²) in [7, 11) is 1.77. The fourth-order valence-electron chi connectivity index (χ4n) is 2.83.